The standard InChI is InChI=1S/C25H32N2O2/c1-2-29-25(28)22-14-18-26(19-15-22)16-7-17-27-23-10-5-3-8-20(23)12-13-21-9-4-6-11-24(21)27/h3-6,8-11,22H,2,7,12-19H2,1H3. The van der Waals surface area contributed by atoms with Gasteiger partial charge in [0.05, 0.1) is 12.5 Å². The number of carbonyl (C=O) groups excluding carboxylic acids is 1. The first-order valence-electron chi connectivity index (χ1n) is 11.1. The molecule has 2 aliphatic rings. The Morgan fingerprint density at radius 2 is 1.52 bits per heavy atom. The van der Waals surface area contributed by atoms with E-state index in [1.165, 1.54) is 22.5 Å². The first-order valence-corrected chi connectivity index (χ1v) is 11.1. The van der Waals surface area contributed by atoms with Gasteiger partial charge in [-0.3, -0.25) is 4.79 Å². The zero-order valence-corrected chi connectivity index (χ0v) is 17.5. The van der Waals surface area contributed by atoms with E-state index in [0.717, 1.165) is 58.3 Å². The van der Waals surface area contributed by atoms with Crippen molar-refractivity contribution in [3.05, 3.63) is 59.7 Å². The molecule has 0 unspecified atom stereocenters. The second-order valence-electron chi connectivity index (χ2n) is 8.13. The Kier molecular flexibility index (Phi) is 6.50. The number of piperidine rings is 1. The zero-order valence-electron chi connectivity index (χ0n) is 17.5. The maximum Gasteiger partial charge on any atom is 0.309 e. The number of likely N-dealkylation sites (tertiary alicyclic amines) is 1. The van der Waals surface area contributed by atoms with Crippen LogP contribution in [0.3, 0.4) is 0 Å². The van der Waals surface area contributed by atoms with Gasteiger partial charge < -0.3 is 14.5 Å². The summed E-state index contributed by atoms with van der Waals surface area (Å²) in [5, 5.41) is 0. The van der Waals surface area contributed by atoms with Crippen LogP contribution >= 0.6 is 0 Å². The molecular weight excluding hydrogens is 360 g/mol. The molecule has 1 saturated heterocycles. The largest absolute Gasteiger partial charge is 0.466 e. The van der Waals surface area contributed by atoms with Crippen LogP contribution in [0.15, 0.2) is 48.5 Å². The number of anilines is 2. The summed E-state index contributed by atoms with van der Waals surface area (Å²) in [5.74, 6) is 0.0838. The van der Waals surface area contributed by atoms with E-state index >= 15 is 0 Å². The highest BCUT2D eigenvalue weighted by Crippen LogP contribution is 2.35. The number of aryl methyl sites for hydroxylation is 2. The third-order valence-corrected chi connectivity index (χ3v) is 6.29. The Balaban J connectivity index is 1.37. The lowest BCUT2D eigenvalue weighted by Crippen LogP contribution is -2.38. The summed E-state index contributed by atoms with van der Waals surface area (Å²) in [5.41, 5.74) is 5.61. The molecule has 1 fully saturated rings. The molecule has 0 saturated carbocycles. The van der Waals surface area contributed by atoms with E-state index in [1.807, 2.05) is 6.92 Å². The average molecular weight is 393 g/mol. The number of rotatable bonds is 6. The Hall–Kier alpha value is -2.33. The summed E-state index contributed by atoms with van der Waals surface area (Å²) in [6, 6.07) is 17.7. The van der Waals surface area contributed by atoms with Crippen LogP contribution in [-0.4, -0.2) is 43.7 Å². The van der Waals surface area contributed by atoms with Crippen LogP contribution < -0.4 is 4.90 Å². The van der Waals surface area contributed by atoms with Gasteiger partial charge in [0.2, 0.25) is 0 Å². The van der Waals surface area contributed by atoms with Crippen molar-refractivity contribution in [3.8, 4) is 0 Å². The van der Waals surface area contributed by atoms with Crippen LogP contribution in [0.25, 0.3) is 0 Å². The topological polar surface area (TPSA) is 32.8 Å². The molecule has 2 aliphatic heterocycles. The molecule has 4 nitrogen and oxygen atoms in total. The lowest BCUT2D eigenvalue weighted by Gasteiger charge is -2.32. The van der Waals surface area contributed by atoms with Crippen LogP contribution in [0.2, 0.25) is 0 Å². The first kappa shape index (κ1) is 20.0. The molecule has 4 rings (SSSR count). The maximum atomic E-state index is 11.9. The third kappa shape index (κ3) is 4.64. The van der Waals surface area contributed by atoms with E-state index in [9.17, 15) is 4.79 Å². The Labute approximate surface area is 174 Å². The van der Waals surface area contributed by atoms with Crippen molar-refractivity contribution in [2.75, 3.05) is 37.7 Å². The molecule has 0 amide bonds. The van der Waals surface area contributed by atoms with E-state index in [2.05, 4.69) is 58.3 Å². The summed E-state index contributed by atoms with van der Waals surface area (Å²) in [7, 11) is 0. The Morgan fingerprint density at radius 1 is 0.931 bits per heavy atom. The summed E-state index contributed by atoms with van der Waals surface area (Å²) in [6.45, 7) is 6.46. The first-order chi connectivity index (χ1) is 14.3. The number of para-hydroxylation sites is 2. The summed E-state index contributed by atoms with van der Waals surface area (Å²) >= 11 is 0. The number of fused-ring (bicyclic) bond motifs is 2. The Morgan fingerprint density at radius 3 is 2.10 bits per heavy atom. The highest BCUT2D eigenvalue weighted by atomic mass is 16.5. The fraction of sp³-hybridized carbons (Fsp3) is 0.480. The molecule has 0 spiro atoms. The predicted molar refractivity (Wildman–Crippen MR) is 118 cm³/mol. The van der Waals surface area contributed by atoms with Crippen molar-refractivity contribution in [2.24, 2.45) is 5.92 Å². The van der Waals surface area contributed by atoms with Gasteiger partial charge in [-0.1, -0.05) is 36.4 Å². The maximum absolute atomic E-state index is 11.9. The number of hydrogen-bond donors (Lipinski definition) is 0. The Bertz CT molecular complexity index is 780. The molecule has 29 heavy (non-hydrogen) atoms. The molecule has 0 atom stereocenters. The molecule has 0 N–H and O–H groups in total. The van der Waals surface area contributed by atoms with Gasteiger partial charge in [-0.2, -0.15) is 0 Å². The smallest absolute Gasteiger partial charge is 0.309 e. The van der Waals surface area contributed by atoms with Crippen LogP contribution in [0.1, 0.15) is 37.3 Å². The summed E-state index contributed by atoms with van der Waals surface area (Å²) in [6.07, 6.45) is 5.17. The van der Waals surface area contributed by atoms with Gasteiger partial charge in [0.15, 0.2) is 0 Å². The lowest BCUT2D eigenvalue weighted by molar-refractivity contribution is -0.149. The molecule has 2 aromatic carbocycles. The molecular formula is C25H32N2O2. The molecule has 0 aromatic heterocycles. The quantitative estimate of drug-likeness (QED) is 0.673. The van der Waals surface area contributed by atoms with E-state index in [0.29, 0.717) is 6.61 Å². The average Bonchev–Trinajstić information content (AvgIpc) is 2.92. The van der Waals surface area contributed by atoms with Gasteiger partial charge in [0, 0.05) is 17.9 Å². The molecule has 2 aromatic rings. The summed E-state index contributed by atoms with van der Waals surface area (Å²) < 4.78 is 5.19. The fourth-order valence-electron chi connectivity index (χ4n) is 4.72. The lowest BCUT2D eigenvalue weighted by atomic mass is 9.97. The van der Waals surface area contributed by atoms with E-state index in [1.54, 1.807) is 0 Å². The van der Waals surface area contributed by atoms with E-state index in [-0.39, 0.29) is 11.9 Å². The molecule has 4 heteroatoms. The second-order valence-corrected chi connectivity index (χ2v) is 8.13. The van der Waals surface area contributed by atoms with Crippen LogP contribution in [-0.2, 0) is 22.4 Å². The number of benzene rings is 2. The number of hydrogen-bond acceptors (Lipinski definition) is 4. The van der Waals surface area contributed by atoms with Gasteiger partial charge in [0.25, 0.3) is 0 Å². The fourth-order valence-corrected chi connectivity index (χ4v) is 4.72. The van der Waals surface area contributed by atoms with Gasteiger partial charge in [-0.25, -0.2) is 0 Å². The van der Waals surface area contributed by atoms with Crippen molar-refractivity contribution in [3.63, 3.8) is 0 Å². The number of carbonyl (C=O) groups is 1. The number of ether oxygens (including phenoxy) is 1. The van der Waals surface area contributed by atoms with Gasteiger partial charge in [-0.15, -0.1) is 0 Å². The van der Waals surface area contributed by atoms with Crippen molar-refractivity contribution < 1.29 is 9.53 Å². The van der Waals surface area contributed by atoms with Crippen molar-refractivity contribution >= 4 is 17.3 Å². The minimum atomic E-state index is -0.00932. The van der Waals surface area contributed by atoms with Crippen LogP contribution in [0, 0.1) is 5.92 Å². The molecule has 0 aliphatic carbocycles. The number of esters is 1. The van der Waals surface area contributed by atoms with E-state index < -0.39 is 0 Å². The third-order valence-electron chi connectivity index (χ3n) is 6.29. The SMILES string of the molecule is CCOC(=O)C1CCN(CCCN2c3ccccc3CCc3ccccc32)CC1. The molecule has 2 heterocycles. The zero-order chi connectivity index (χ0) is 20.1. The van der Waals surface area contributed by atoms with Gasteiger partial charge in [-0.05, 0) is 81.9 Å². The van der Waals surface area contributed by atoms with Gasteiger partial charge >= 0.3 is 5.97 Å². The summed E-state index contributed by atoms with van der Waals surface area (Å²) in [4.78, 5) is 17.0. The molecule has 154 valence electrons. The number of nitrogens with zero attached hydrogens (tertiary/aromatic N) is 2. The van der Waals surface area contributed by atoms with Crippen molar-refractivity contribution in [1.29, 1.82) is 0 Å². The van der Waals surface area contributed by atoms with Crippen molar-refractivity contribution in [1.82, 2.24) is 4.90 Å². The van der Waals surface area contributed by atoms with Crippen LogP contribution in [0.4, 0.5) is 11.4 Å². The van der Waals surface area contributed by atoms with Gasteiger partial charge in [0.1, 0.15) is 0 Å². The second kappa shape index (κ2) is 9.45. The predicted octanol–water partition coefficient (Wildman–Crippen LogP) is 4.59. The highest BCUT2D eigenvalue weighted by molar-refractivity contribution is 5.72. The van der Waals surface area contributed by atoms with Crippen LogP contribution in [0.5, 0.6) is 0 Å². The highest BCUT2D eigenvalue weighted by Gasteiger charge is 2.26. The monoisotopic (exact) mass is 392 g/mol. The molecule has 0 radical (unpaired) electrons. The minimum absolute atomic E-state index is 0.00932. The minimum Gasteiger partial charge on any atom is -0.466 e. The van der Waals surface area contributed by atoms with E-state index in [4.69, 9.17) is 4.74 Å². The normalized spacial score (nSPS) is 17.3. The van der Waals surface area contributed by atoms with Crippen molar-refractivity contribution in [2.45, 2.75) is 39.0 Å². The molecule has 0 bridgehead atoms.